The zero-order valence-electron chi connectivity index (χ0n) is 14.5. The van der Waals surface area contributed by atoms with Gasteiger partial charge in [-0.05, 0) is 37.7 Å². The molecular weight excluding hydrogens is 319 g/mol. The van der Waals surface area contributed by atoms with E-state index in [2.05, 4.69) is 9.88 Å². The maximum absolute atomic E-state index is 14.1. The Bertz CT molecular complexity index is 832. The molecule has 5 nitrogen and oxygen atoms in total. The summed E-state index contributed by atoms with van der Waals surface area (Å²) in [5, 5.41) is 0. The highest BCUT2D eigenvalue weighted by Crippen LogP contribution is 2.37. The summed E-state index contributed by atoms with van der Waals surface area (Å²) < 4.78 is 15.7. The summed E-state index contributed by atoms with van der Waals surface area (Å²) in [4.78, 5) is 23.3. The van der Waals surface area contributed by atoms with Gasteiger partial charge in [-0.1, -0.05) is 12.8 Å². The first-order chi connectivity index (χ1) is 12.1. The van der Waals surface area contributed by atoms with Crippen molar-refractivity contribution in [1.29, 1.82) is 0 Å². The minimum atomic E-state index is -0.455. The molecule has 0 bridgehead atoms. The fourth-order valence-corrected chi connectivity index (χ4v) is 4.38. The number of pyridine rings is 1. The predicted molar refractivity (Wildman–Crippen MR) is 95.0 cm³/mol. The van der Waals surface area contributed by atoms with Crippen LogP contribution in [0.1, 0.15) is 38.5 Å². The Morgan fingerprint density at radius 1 is 1.20 bits per heavy atom. The molecular formula is C19H23FN4O. The fourth-order valence-electron chi connectivity index (χ4n) is 4.38. The number of hydrogen-bond donors (Lipinski definition) is 0. The van der Waals surface area contributed by atoms with Crippen LogP contribution in [0, 0.1) is 11.7 Å². The van der Waals surface area contributed by atoms with Crippen molar-refractivity contribution in [2.45, 2.75) is 44.6 Å². The van der Waals surface area contributed by atoms with E-state index < -0.39 is 5.82 Å². The van der Waals surface area contributed by atoms with Crippen molar-refractivity contribution in [2.24, 2.45) is 13.0 Å². The van der Waals surface area contributed by atoms with Crippen LogP contribution in [0.25, 0.3) is 11.3 Å². The molecule has 4 rings (SSSR count). The first-order valence-electron chi connectivity index (χ1n) is 9.10. The molecule has 0 unspecified atom stereocenters. The van der Waals surface area contributed by atoms with Crippen LogP contribution in [0.5, 0.6) is 0 Å². The third-order valence-electron chi connectivity index (χ3n) is 5.66. The third-order valence-corrected chi connectivity index (χ3v) is 5.66. The van der Waals surface area contributed by atoms with Crippen LogP contribution in [0.3, 0.4) is 0 Å². The molecule has 1 saturated heterocycles. The Morgan fingerprint density at radius 2 is 2.00 bits per heavy atom. The molecule has 2 fully saturated rings. The molecule has 2 aromatic heterocycles. The van der Waals surface area contributed by atoms with E-state index in [0.29, 0.717) is 29.2 Å². The Kier molecular flexibility index (Phi) is 4.27. The van der Waals surface area contributed by atoms with Gasteiger partial charge in [0, 0.05) is 37.5 Å². The molecule has 2 atom stereocenters. The number of aromatic nitrogens is 3. The van der Waals surface area contributed by atoms with Gasteiger partial charge in [-0.15, -0.1) is 0 Å². The number of anilines is 1. The number of piperidine rings is 1. The Hall–Kier alpha value is -2.24. The zero-order valence-corrected chi connectivity index (χ0v) is 14.5. The molecule has 0 aromatic carbocycles. The average molecular weight is 342 g/mol. The topological polar surface area (TPSA) is 51.0 Å². The van der Waals surface area contributed by atoms with Crippen LogP contribution in [0.2, 0.25) is 0 Å². The predicted octanol–water partition coefficient (Wildman–Crippen LogP) is 3.14. The summed E-state index contributed by atoms with van der Waals surface area (Å²) in [5.74, 6) is 0.888. The van der Waals surface area contributed by atoms with E-state index in [9.17, 15) is 9.18 Å². The first kappa shape index (κ1) is 16.2. The zero-order chi connectivity index (χ0) is 17.4. The number of fused-ring (bicyclic) bond motifs is 1. The largest absolute Gasteiger partial charge is 0.339 e. The maximum atomic E-state index is 14.1. The van der Waals surface area contributed by atoms with E-state index >= 15 is 0 Å². The van der Waals surface area contributed by atoms with Gasteiger partial charge in [-0.25, -0.2) is 9.37 Å². The van der Waals surface area contributed by atoms with Crippen LogP contribution >= 0.6 is 0 Å². The summed E-state index contributed by atoms with van der Waals surface area (Å²) in [6.45, 7) is 0.906. The summed E-state index contributed by atoms with van der Waals surface area (Å²) in [6, 6.07) is 3.42. The SMILES string of the molecule is Cn1c(N2CCC[C@@H]3CCCC[C@H]32)nc(-c2ccncc2F)cc1=O. The van der Waals surface area contributed by atoms with Gasteiger partial charge < -0.3 is 4.90 Å². The minimum Gasteiger partial charge on any atom is -0.339 e. The van der Waals surface area contributed by atoms with E-state index in [0.717, 1.165) is 25.6 Å². The summed E-state index contributed by atoms with van der Waals surface area (Å²) in [7, 11) is 1.75. The monoisotopic (exact) mass is 342 g/mol. The van der Waals surface area contributed by atoms with Crippen molar-refractivity contribution in [3.05, 3.63) is 40.7 Å². The van der Waals surface area contributed by atoms with Crippen LogP contribution in [0.4, 0.5) is 10.3 Å². The lowest BCUT2D eigenvalue weighted by atomic mass is 9.78. The van der Waals surface area contributed by atoms with Crippen molar-refractivity contribution in [2.75, 3.05) is 11.4 Å². The van der Waals surface area contributed by atoms with Crippen molar-refractivity contribution in [3.8, 4) is 11.3 Å². The first-order valence-corrected chi connectivity index (χ1v) is 9.10. The molecule has 3 heterocycles. The van der Waals surface area contributed by atoms with E-state index in [-0.39, 0.29) is 5.56 Å². The highest BCUT2D eigenvalue weighted by atomic mass is 19.1. The maximum Gasteiger partial charge on any atom is 0.255 e. The van der Waals surface area contributed by atoms with Crippen LogP contribution < -0.4 is 10.5 Å². The van der Waals surface area contributed by atoms with Gasteiger partial charge in [0.25, 0.3) is 5.56 Å². The molecule has 1 aliphatic heterocycles. The molecule has 6 heteroatoms. The standard InChI is InChI=1S/C19H23FN4O/c1-23-18(25)11-16(14-8-9-21-12-15(14)20)22-19(23)24-10-4-6-13-5-2-3-7-17(13)24/h8-9,11-13,17H,2-7,10H2,1H3/t13-,17+/m0/s1. The lowest BCUT2D eigenvalue weighted by molar-refractivity contribution is 0.240. The Balaban J connectivity index is 1.79. The van der Waals surface area contributed by atoms with Crippen molar-refractivity contribution in [3.63, 3.8) is 0 Å². The second kappa shape index (κ2) is 6.58. The van der Waals surface area contributed by atoms with Crippen LogP contribution in [-0.4, -0.2) is 27.1 Å². The molecule has 132 valence electrons. The summed E-state index contributed by atoms with van der Waals surface area (Å²) in [6.07, 6.45) is 9.98. The second-order valence-corrected chi connectivity index (χ2v) is 7.14. The van der Waals surface area contributed by atoms with Gasteiger partial charge >= 0.3 is 0 Å². The fraction of sp³-hybridized carbons (Fsp3) is 0.526. The number of rotatable bonds is 2. The lowest BCUT2D eigenvalue weighted by Crippen LogP contribution is -2.49. The Labute approximate surface area is 146 Å². The van der Waals surface area contributed by atoms with Crippen molar-refractivity contribution < 1.29 is 4.39 Å². The van der Waals surface area contributed by atoms with E-state index in [4.69, 9.17) is 4.98 Å². The van der Waals surface area contributed by atoms with Crippen LogP contribution in [0.15, 0.2) is 29.3 Å². The number of hydrogen-bond acceptors (Lipinski definition) is 4. The molecule has 0 radical (unpaired) electrons. The Morgan fingerprint density at radius 3 is 2.84 bits per heavy atom. The molecule has 0 N–H and O–H groups in total. The second-order valence-electron chi connectivity index (χ2n) is 7.14. The average Bonchev–Trinajstić information content (AvgIpc) is 2.64. The smallest absolute Gasteiger partial charge is 0.255 e. The number of halogens is 1. The molecule has 2 aromatic rings. The molecule has 1 aliphatic carbocycles. The highest BCUT2D eigenvalue weighted by Gasteiger charge is 2.35. The highest BCUT2D eigenvalue weighted by molar-refractivity contribution is 5.60. The normalized spacial score (nSPS) is 23.4. The minimum absolute atomic E-state index is 0.158. The molecule has 2 aliphatic rings. The lowest BCUT2D eigenvalue weighted by Gasteiger charge is -2.45. The molecule has 0 spiro atoms. The van der Waals surface area contributed by atoms with Gasteiger partial charge in [0.05, 0.1) is 11.9 Å². The summed E-state index contributed by atoms with van der Waals surface area (Å²) in [5.41, 5.74) is 0.552. The van der Waals surface area contributed by atoms with Gasteiger partial charge in [-0.2, -0.15) is 0 Å². The molecule has 1 saturated carbocycles. The molecule has 25 heavy (non-hydrogen) atoms. The van der Waals surface area contributed by atoms with Gasteiger partial charge in [0.1, 0.15) is 0 Å². The summed E-state index contributed by atoms with van der Waals surface area (Å²) >= 11 is 0. The van der Waals surface area contributed by atoms with Gasteiger partial charge in [-0.3, -0.25) is 14.3 Å². The van der Waals surface area contributed by atoms with Gasteiger partial charge in [0.15, 0.2) is 5.82 Å². The van der Waals surface area contributed by atoms with Crippen molar-refractivity contribution in [1.82, 2.24) is 14.5 Å². The quantitative estimate of drug-likeness (QED) is 0.841. The van der Waals surface area contributed by atoms with E-state index in [1.807, 2.05) is 0 Å². The third kappa shape index (κ3) is 2.94. The van der Waals surface area contributed by atoms with Gasteiger partial charge in [0.2, 0.25) is 5.95 Å². The van der Waals surface area contributed by atoms with E-state index in [1.54, 1.807) is 17.7 Å². The number of nitrogens with zero attached hydrogens (tertiary/aromatic N) is 4. The van der Waals surface area contributed by atoms with E-state index in [1.165, 1.54) is 37.9 Å². The van der Waals surface area contributed by atoms with Crippen molar-refractivity contribution >= 4 is 5.95 Å². The molecule has 0 amide bonds. The van der Waals surface area contributed by atoms with Crippen LogP contribution in [-0.2, 0) is 7.05 Å².